The molecule has 0 spiro atoms. The standard InChI is InChI=1S/C16H25NO4/c1-16(2,3)21-15(20)17-10-5-4-7-11(17)14-12(18)8-6-9-13(14)19/h11,14H,4-10H2,1-3H3. The first-order valence-corrected chi connectivity index (χ1v) is 7.84. The summed E-state index contributed by atoms with van der Waals surface area (Å²) in [6.45, 7) is 6.03. The van der Waals surface area contributed by atoms with Gasteiger partial charge in [-0.3, -0.25) is 9.59 Å². The number of ketones is 2. The Balaban J connectivity index is 2.16. The number of rotatable bonds is 1. The molecule has 1 heterocycles. The first kappa shape index (κ1) is 16.0. The van der Waals surface area contributed by atoms with Crippen LogP contribution in [0.4, 0.5) is 4.79 Å². The fraction of sp³-hybridized carbons (Fsp3) is 0.812. The van der Waals surface area contributed by atoms with Crippen molar-refractivity contribution in [2.45, 2.75) is 70.9 Å². The summed E-state index contributed by atoms with van der Waals surface area (Å²) in [4.78, 5) is 38.3. The van der Waals surface area contributed by atoms with Crippen molar-refractivity contribution in [2.75, 3.05) is 6.54 Å². The first-order valence-electron chi connectivity index (χ1n) is 7.84. The zero-order valence-corrected chi connectivity index (χ0v) is 13.2. The summed E-state index contributed by atoms with van der Waals surface area (Å²) in [5.74, 6) is -0.648. The SMILES string of the molecule is CC(C)(C)OC(=O)N1CCCCC1C1C(=O)CCCC1=O. The highest BCUT2D eigenvalue weighted by Crippen LogP contribution is 2.30. The maximum atomic E-state index is 12.4. The zero-order valence-electron chi connectivity index (χ0n) is 13.2. The molecule has 2 aliphatic rings. The van der Waals surface area contributed by atoms with Crippen LogP contribution in [-0.4, -0.2) is 40.7 Å². The van der Waals surface area contributed by atoms with Crippen molar-refractivity contribution in [2.24, 2.45) is 5.92 Å². The van der Waals surface area contributed by atoms with Gasteiger partial charge in [0.2, 0.25) is 0 Å². The summed E-state index contributed by atoms with van der Waals surface area (Å²) in [6, 6.07) is -0.311. The molecule has 0 radical (unpaired) electrons. The van der Waals surface area contributed by atoms with Gasteiger partial charge in [-0.15, -0.1) is 0 Å². The predicted molar refractivity (Wildman–Crippen MR) is 77.9 cm³/mol. The monoisotopic (exact) mass is 295 g/mol. The van der Waals surface area contributed by atoms with E-state index >= 15 is 0 Å². The van der Waals surface area contributed by atoms with Gasteiger partial charge in [0.05, 0.1) is 12.0 Å². The van der Waals surface area contributed by atoms with Crippen molar-refractivity contribution < 1.29 is 19.1 Å². The quantitative estimate of drug-likeness (QED) is 0.698. The molecule has 1 saturated heterocycles. The van der Waals surface area contributed by atoms with Crippen LogP contribution in [0.1, 0.15) is 59.3 Å². The Morgan fingerprint density at radius 1 is 1.10 bits per heavy atom. The van der Waals surface area contributed by atoms with Crippen LogP contribution in [0, 0.1) is 5.92 Å². The number of likely N-dealkylation sites (tertiary alicyclic amines) is 1. The molecular formula is C16H25NO4. The van der Waals surface area contributed by atoms with E-state index in [2.05, 4.69) is 0 Å². The van der Waals surface area contributed by atoms with Crippen LogP contribution < -0.4 is 0 Å². The highest BCUT2D eigenvalue weighted by molar-refractivity contribution is 6.05. The molecule has 1 atom stereocenters. The zero-order chi connectivity index (χ0) is 15.6. The molecule has 1 amide bonds. The van der Waals surface area contributed by atoms with E-state index in [-0.39, 0.29) is 17.6 Å². The van der Waals surface area contributed by atoms with E-state index in [4.69, 9.17) is 4.74 Å². The number of carbonyl (C=O) groups excluding carboxylic acids is 3. The third-order valence-electron chi connectivity index (χ3n) is 4.10. The van der Waals surface area contributed by atoms with Gasteiger partial charge in [-0.05, 0) is 46.5 Å². The molecular weight excluding hydrogens is 270 g/mol. The number of carbonyl (C=O) groups is 3. The molecule has 118 valence electrons. The normalized spacial score (nSPS) is 25.1. The minimum Gasteiger partial charge on any atom is -0.444 e. The Hall–Kier alpha value is -1.39. The van der Waals surface area contributed by atoms with E-state index in [9.17, 15) is 14.4 Å². The van der Waals surface area contributed by atoms with Gasteiger partial charge in [0.25, 0.3) is 0 Å². The Morgan fingerprint density at radius 2 is 1.71 bits per heavy atom. The van der Waals surface area contributed by atoms with Crippen LogP contribution in [0.3, 0.4) is 0 Å². The van der Waals surface area contributed by atoms with Crippen molar-refractivity contribution in [3.8, 4) is 0 Å². The fourth-order valence-electron chi connectivity index (χ4n) is 3.21. The second-order valence-corrected chi connectivity index (χ2v) is 7.00. The average Bonchev–Trinajstić information content (AvgIpc) is 2.37. The van der Waals surface area contributed by atoms with Crippen molar-refractivity contribution >= 4 is 17.7 Å². The summed E-state index contributed by atoms with van der Waals surface area (Å²) < 4.78 is 5.43. The molecule has 0 aromatic carbocycles. The fourth-order valence-corrected chi connectivity index (χ4v) is 3.21. The molecule has 2 rings (SSSR count). The minimum absolute atomic E-state index is 0.00768. The molecule has 21 heavy (non-hydrogen) atoms. The van der Waals surface area contributed by atoms with Gasteiger partial charge in [0.1, 0.15) is 17.2 Å². The van der Waals surface area contributed by atoms with Gasteiger partial charge in [-0.1, -0.05) is 0 Å². The molecule has 0 aromatic heterocycles. The number of nitrogens with zero attached hydrogens (tertiary/aromatic N) is 1. The van der Waals surface area contributed by atoms with Gasteiger partial charge in [0.15, 0.2) is 0 Å². The average molecular weight is 295 g/mol. The summed E-state index contributed by atoms with van der Waals surface area (Å²) in [5, 5.41) is 0. The first-order chi connectivity index (χ1) is 9.79. The third kappa shape index (κ3) is 3.83. The molecule has 0 N–H and O–H groups in total. The lowest BCUT2D eigenvalue weighted by molar-refractivity contribution is -0.139. The summed E-state index contributed by atoms with van der Waals surface area (Å²) in [6.07, 6.45) is 3.70. The highest BCUT2D eigenvalue weighted by Gasteiger charge is 2.43. The summed E-state index contributed by atoms with van der Waals surface area (Å²) >= 11 is 0. The van der Waals surface area contributed by atoms with Gasteiger partial charge in [-0.25, -0.2) is 4.79 Å². The molecule has 5 nitrogen and oxygen atoms in total. The molecule has 0 aromatic rings. The van der Waals surface area contributed by atoms with E-state index in [0.717, 1.165) is 12.8 Å². The smallest absolute Gasteiger partial charge is 0.410 e. The lowest BCUT2D eigenvalue weighted by atomic mass is 9.78. The van der Waals surface area contributed by atoms with Gasteiger partial charge in [0, 0.05) is 19.4 Å². The van der Waals surface area contributed by atoms with Crippen LogP contribution >= 0.6 is 0 Å². The van der Waals surface area contributed by atoms with Gasteiger partial charge < -0.3 is 9.64 Å². The van der Waals surface area contributed by atoms with E-state index in [1.165, 1.54) is 0 Å². The molecule has 1 aliphatic carbocycles. The molecule has 5 heteroatoms. The van der Waals surface area contributed by atoms with Gasteiger partial charge >= 0.3 is 6.09 Å². The molecule has 1 unspecified atom stereocenters. The van der Waals surface area contributed by atoms with Crippen LogP contribution in [-0.2, 0) is 14.3 Å². The van der Waals surface area contributed by atoms with Crippen LogP contribution in [0.25, 0.3) is 0 Å². The van der Waals surface area contributed by atoms with E-state index in [1.54, 1.807) is 4.90 Å². The van der Waals surface area contributed by atoms with Crippen molar-refractivity contribution in [1.29, 1.82) is 0 Å². The Bertz CT molecular complexity index is 422. The van der Waals surface area contributed by atoms with E-state index in [1.807, 2.05) is 20.8 Å². The number of piperidine rings is 1. The number of hydrogen-bond donors (Lipinski definition) is 0. The number of amides is 1. The molecule has 1 saturated carbocycles. The van der Waals surface area contributed by atoms with E-state index < -0.39 is 17.6 Å². The summed E-state index contributed by atoms with van der Waals surface area (Å²) in [7, 11) is 0. The Labute approximate surface area is 126 Å². The van der Waals surface area contributed by atoms with Crippen LogP contribution in [0.15, 0.2) is 0 Å². The second-order valence-electron chi connectivity index (χ2n) is 7.00. The van der Waals surface area contributed by atoms with Crippen LogP contribution in [0.2, 0.25) is 0 Å². The topological polar surface area (TPSA) is 63.7 Å². The Morgan fingerprint density at radius 3 is 2.29 bits per heavy atom. The minimum atomic E-state index is -0.633. The third-order valence-corrected chi connectivity index (χ3v) is 4.10. The largest absolute Gasteiger partial charge is 0.444 e. The number of hydrogen-bond acceptors (Lipinski definition) is 4. The van der Waals surface area contributed by atoms with Gasteiger partial charge in [-0.2, -0.15) is 0 Å². The number of Topliss-reactive ketones (excluding diaryl/α,β-unsaturated/α-hetero) is 2. The lowest BCUT2D eigenvalue weighted by Gasteiger charge is -2.40. The van der Waals surface area contributed by atoms with Crippen LogP contribution in [0.5, 0.6) is 0 Å². The van der Waals surface area contributed by atoms with Crippen molar-refractivity contribution in [3.05, 3.63) is 0 Å². The predicted octanol–water partition coefficient (Wildman–Crippen LogP) is 2.71. The second kappa shape index (κ2) is 6.16. The van der Waals surface area contributed by atoms with Crippen molar-refractivity contribution in [1.82, 2.24) is 4.90 Å². The van der Waals surface area contributed by atoms with Crippen molar-refractivity contribution in [3.63, 3.8) is 0 Å². The maximum Gasteiger partial charge on any atom is 0.410 e. The highest BCUT2D eigenvalue weighted by atomic mass is 16.6. The number of ether oxygens (including phenoxy) is 1. The Kier molecular flexibility index (Phi) is 4.69. The van der Waals surface area contributed by atoms with E-state index in [0.29, 0.717) is 32.2 Å². The molecule has 0 bridgehead atoms. The molecule has 2 fully saturated rings. The summed E-state index contributed by atoms with van der Waals surface area (Å²) in [5.41, 5.74) is -0.570. The molecule has 1 aliphatic heterocycles. The lowest BCUT2D eigenvalue weighted by Crippen LogP contribution is -2.53. The maximum absolute atomic E-state index is 12.4.